The van der Waals surface area contributed by atoms with Gasteiger partial charge in [-0.2, -0.15) is 0 Å². The molecule has 1 aromatic heterocycles. The van der Waals surface area contributed by atoms with Gasteiger partial charge in [0.25, 0.3) is 0 Å². The fraction of sp³-hybridized carbons (Fsp3) is 0.150. The molecule has 0 saturated heterocycles. The molecular formula is C20H17NO2S. The van der Waals surface area contributed by atoms with Crippen LogP contribution < -0.4 is 5.32 Å². The standard InChI is InChI=1S/C20H17NO2S/c22-20(16-13-15(16)18-10-6-12-23-18)21-17-9-4-5-11-19(17)24-14-7-2-1-3-8-14/h1-12,15-16H,13H2,(H,21,22). The lowest BCUT2D eigenvalue weighted by atomic mass is 10.2. The second-order valence-electron chi connectivity index (χ2n) is 5.86. The lowest BCUT2D eigenvalue weighted by molar-refractivity contribution is -0.117. The average Bonchev–Trinajstić information content (AvgIpc) is 3.23. The normalized spacial score (nSPS) is 19.0. The second-order valence-corrected chi connectivity index (χ2v) is 6.98. The molecule has 0 radical (unpaired) electrons. The summed E-state index contributed by atoms with van der Waals surface area (Å²) in [6, 6.07) is 21.9. The molecule has 1 saturated carbocycles. The lowest BCUT2D eigenvalue weighted by Crippen LogP contribution is -2.15. The highest BCUT2D eigenvalue weighted by Crippen LogP contribution is 2.48. The van der Waals surface area contributed by atoms with Crippen molar-refractivity contribution < 1.29 is 9.21 Å². The highest BCUT2D eigenvalue weighted by atomic mass is 32.2. The molecule has 3 aromatic rings. The first-order valence-electron chi connectivity index (χ1n) is 7.97. The van der Waals surface area contributed by atoms with E-state index < -0.39 is 0 Å². The SMILES string of the molecule is O=C(Nc1ccccc1Sc1ccccc1)C1CC1c1ccco1. The number of benzene rings is 2. The van der Waals surface area contributed by atoms with Gasteiger partial charge < -0.3 is 9.73 Å². The molecule has 1 aliphatic rings. The summed E-state index contributed by atoms with van der Waals surface area (Å²) in [6.45, 7) is 0. The first-order chi connectivity index (χ1) is 11.8. The molecule has 120 valence electrons. The Hall–Kier alpha value is -2.46. The number of hydrogen-bond donors (Lipinski definition) is 1. The van der Waals surface area contributed by atoms with Crippen LogP contribution in [0.15, 0.2) is 87.2 Å². The van der Waals surface area contributed by atoms with Crippen LogP contribution in [0.4, 0.5) is 5.69 Å². The fourth-order valence-electron chi connectivity index (χ4n) is 2.80. The Bertz CT molecular complexity index is 830. The van der Waals surface area contributed by atoms with Crippen LogP contribution in [0.3, 0.4) is 0 Å². The van der Waals surface area contributed by atoms with E-state index >= 15 is 0 Å². The number of amides is 1. The van der Waals surface area contributed by atoms with Gasteiger partial charge >= 0.3 is 0 Å². The number of carbonyl (C=O) groups is 1. The maximum atomic E-state index is 12.5. The molecular weight excluding hydrogens is 318 g/mol. The third-order valence-corrected chi connectivity index (χ3v) is 5.24. The number of furan rings is 1. The Morgan fingerprint density at radius 3 is 2.58 bits per heavy atom. The molecule has 1 aliphatic carbocycles. The zero-order valence-electron chi connectivity index (χ0n) is 13.0. The number of rotatable bonds is 5. The predicted octanol–water partition coefficient (Wildman–Crippen LogP) is 5.17. The summed E-state index contributed by atoms with van der Waals surface area (Å²) in [5.74, 6) is 1.19. The predicted molar refractivity (Wildman–Crippen MR) is 95.2 cm³/mol. The smallest absolute Gasteiger partial charge is 0.228 e. The number of para-hydroxylation sites is 1. The number of nitrogens with one attached hydrogen (secondary N) is 1. The monoisotopic (exact) mass is 335 g/mol. The van der Waals surface area contributed by atoms with Gasteiger partial charge in [-0.1, -0.05) is 42.1 Å². The van der Waals surface area contributed by atoms with E-state index in [4.69, 9.17) is 4.42 Å². The van der Waals surface area contributed by atoms with Gasteiger partial charge in [0.05, 0.1) is 12.0 Å². The van der Waals surface area contributed by atoms with Crippen LogP contribution >= 0.6 is 11.8 Å². The Balaban J connectivity index is 1.46. The van der Waals surface area contributed by atoms with E-state index in [1.54, 1.807) is 18.0 Å². The van der Waals surface area contributed by atoms with Crippen molar-refractivity contribution in [2.75, 3.05) is 5.32 Å². The van der Waals surface area contributed by atoms with E-state index in [1.807, 2.05) is 54.6 Å². The lowest BCUT2D eigenvalue weighted by Gasteiger charge is -2.10. The van der Waals surface area contributed by atoms with E-state index in [0.29, 0.717) is 0 Å². The van der Waals surface area contributed by atoms with Crippen LogP contribution in [0.2, 0.25) is 0 Å². The minimum absolute atomic E-state index is 0.00549. The molecule has 2 unspecified atom stereocenters. The van der Waals surface area contributed by atoms with Crippen LogP contribution in [0.25, 0.3) is 0 Å². The van der Waals surface area contributed by atoms with Crippen LogP contribution in [0.1, 0.15) is 18.1 Å². The molecule has 0 aliphatic heterocycles. The van der Waals surface area contributed by atoms with E-state index in [0.717, 1.165) is 27.7 Å². The van der Waals surface area contributed by atoms with Gasteiger partial charge in [0.1, 0.15) is 5.76 Å². The zero-order valence-corrected chi connectivity index (χ0v) is 13.8. The Labute approximate surface area is 145 Å². The Morgan fingerprint density at radius 1 is 1.00 bits per heavy atom. The minimum atomic E-state index is 0.00549. The number of anilines is 1. The summed E-state index contributed by atoms with van der Waals surface area (Å²) < 4.78 is 5.41. The van der Waals surface area contributed by atoms with Gasteiger partial charge in [0, 0.05) is 21.6 Å². The number of carbonyl (C=O) groups excluding carboxylic acids is 1. The molecule has 1 amide bonds. The highest BCUT2D eigenvalue weighted by Gasteiger charge is 2.45. The van der Waals surface area contributed by atoms with Crippen molar-refractivity contribution in [3.8, 4) is 0 Å². The van der Waals surface area contributed by atoms with Crippen molar-refractivity contribution in [1.29, 1.82) is 0 Å². The highest BCUT2D eigenvalue weighted by molar-refractivity contribution is 7.99. The first-order valence-corrected chi connectivity index (χ1v) is 8.79. The Kier molecular flexibility index (Phi) is 4.13. The molecule has 1 fully saturated rings. The summed E-state index contributed by atoms with van der Waals surface area (Å²) in [5, 5.41) is 3.08. The van der Waals surface area contributed by atoms with Crippen LogP contribution in [0, 0.1) is 5.92 Å². The minimum Gasteiger partial charge on any atom is -0.469 e. The summed E-state index contributed by atoms with van der Waals surface area (Å²) in [6.07, 6.45) is 2.52. The van der Waals surface area contributed by atoms with Gasteiger partial charge in [0.2, 0.25) is 5.91 Å². The van der Waals surface area contributed by atoms with Gasteiger partial charge in [-0.15, -0.1) is 0 Å². The molecule has 0 bridgehead atoms. The summed E-state index contributed by atoms with van der Waals surface area (Å²) in [4.78, 5) is 14.7. The zero-order chi connectivity index (χ0) is 16.4. The van der Waals surface area contributed by atoms with E-state index in [9.17, 15) is 4.79 Å². The maximum absolute atomic E-state index is 12.5. The van der Waals surface area contributed by atoms with Crippen molar-refractivity contribution in [3.05, 3.63) is 78.8 Å². The molecule has 4 heteroatoms. The van der Waals surface area contributed by atoms with Crippen LogP contribution in [-0.2, 0) is 4.79 Å². The summed E-state index contributed by atoms with van der Waals surface area (Å²) >= 11 is 1.65. The maximum Gasteiger partial charge on any atom is 0.228 e. The van der Waals surface area contributed by atoms with Crippen molar-refractivity contribution in [3.63, 3.8) is 0 Å². The first kappa shape index (κ1) is 15.1. The van der Waals surface area contributed by atoms with Crippen molar-refractivity contribution in [1.82, 2.24) is 0 Å². The van der Waals surface area contributed by atoms with E-state index in [1.165, 1.54) is 0 Å². The molecule has 0 spiro atoms. The quantitative estimate of drug-likeness (QED) is 0.699. The van der Waals surface area contributed by atoms with Crippen molar-refractivity contribution in [2.24, 2.45) is 5.92 Å². The van der Waals surface area contributed by atoms with Gasteiger partial charge in [-0.3, -0.25) is 4.79 Å². The third kappa shape index (κ3) is 3.24. The number of hydrogen-bond acceptors (Lipinski definition) is 3. The second kappa shape index (κ2) is 6.57. The fourth-order valence-corrected chi connectivity index (χ4v) is 3.72. The van der Waals surface area contributed by atoms with Gasteiger partial charge in [0.15, 0.2) is 0 Å². The molecule has 4 rings (SSSR count). The molecule has 1 heterocycles. The molecule has 3 nitrogen and oxygen atoms in total. The third-order valence-electron chi connectivity index (χ3n) is 4.15. The van der Waals surface area contributed by atoms with Gasteiger partial charge in [-0.05, 0) is 42.8 Å². The van der Waals surface area contributed by atoms with Gasteiger partial charge in [-0.25, -0.2) is 0 Å². The van der Waals surface area contributed by atoms with E-state index in [-0.39, 0.29) is 17.7 Å². The molecule has 2 atom stereocenters. The largest absolute Gasteiger partial charge is 0.469 e. The van der Waals surface area contributed by atoms with Crippen LogP contribution in [0.5, 0.6) is 0 Å². The van der Waals surface area contributed by atoms with Crippen molar-refractivity contribution in [2.45, 2.75) is 22.1 Å². The molecule has 2 aromatic carbocycles. The molecule has 1 N–H and O–H groups in total. The topological polar surface area (TPSA) is 42.2 Å². The average molecular weight is 335 g/mol. The Morgan fingerprint density at radius 2 is 1.79 bits per heavy atom. The van der Waals surface area contributed by atoms with Crippen LogP contribution in [-0.4, -0.2) is 5.91 Å². The molecule has 24 heavy (non-hydrogen) atoms. The van der Waals surface area contributed by atoms with E-state index in [2.05, 4.69) is 17.4 Å². The van der Waals surface area contributed by atoms with Crippen molar-refractivity contribution >= 4 is 23.4 Å². The summed E-state index contributed by atoms with van der Waals surface area (Å²) in [7, 11) is 0. The summed E-state index contributed by atoms with van der Waals surface area (Å²) in [5.41, 5.74) is 0.862.